The largest absolute Gasteiger partial charge is 0.361 e. The predicted molar refractivity (Wildman–Crippen MR) is 146 cm³/mol. The second-order valence-electron chi connectivity index (χ2n) is 9.38. The van der Waals surface area contributed by atoms with Gasteiger partial charge in [-0.15, -0.1) is 0 Å². The number of fused-ring (bicyclic) bond motifs is 1. The van der Waals surface area contributed by atoms with Crippen molar-refractivity contribution in [3.63, 3.8) is 0 Å². The van der Waals surface area contributed by atoms with Gasteiger partial charge in [0.25, 0.3) is 15.8 Å². The van der Waals surface area contributed by atoms with Crippen LogP contribution in [0.25, 0.3) is 22.2 Å². The van der Waals surface area contributed by atoms with Crippen LogP contribution in [0.2, 0.25) is 5.02 Å². The van der Waals surface area contributed by atoms with E-state index in [0.29, 0.717) is 52.6 Å². The minimum Gasteiger partial charge on any atom is -0.361 e. The molecular weight excluding hydrogens is 516 g/mol. The van der Waals surface area contributed by atoms with E-state index in [4.69, 9.17) is 16.3 Å². The van der Waals surface area contributed by atoms with E-state index in [1.807, 2.05) is 25.1 Å². The number of anilines is 1. The Morgan fingerprint density at radius 1 is 1.14 bits per heavy atom. The Balaban J connectivity index is 1.58. The van der Waals surface area contributed by atoms with Gasteiger partial charge in [-0.1, -0.05) is 36.7 Å². The van der Waals surface area contributed by atoms with Crippen LogP contribution in [0.1, 0.15) is 39.0 Å². The first-order valence-electron chi connectivity index (χ1n) is 12.4. The first kappa shape index (κ1) is 27.5. The lowest BCUT2D eigenvalue weighted by molar-refractivity contribution is 0.0779. The number of rotatable bonds is 10. The van der Waals surface area contributed by atoms with Crippen LogP contribution in [-0.4, -0.2) is 60.0 Å². The molecule has 2 N–H and O–H groups in total. The van der Waals surface area contributed by atoms with Crippen LogP contribution < -0.4 is 15.6 Å². The van der Waals surface area contributed by atoms with Gasteiger partial charge in [-0.05, 0) is 44.2 Å². The Morgan fingerprint density at radius 3 is 2.51 bits per heavy atom. The molecule has 0 spiro atoms. The van der Waals surface area contributed by atoms with Crippen LogP contribution in [0.5, 0.6) is 0 Å². The van der Waals surface area contributed by atoms with E-state index in [1.54, 1.807) is 18.3 Å². The molecule has 2 aromatic heterocycles. The first-order valence-corrected chi connectivity index (χ1v) is 14.2. The van der Waals surface area contributed by atoms with Crippen LogP contribution in [0.4, 0.5) is 5.95 Å². The van der Waals surface area contributed by atoms with E-state index in [9.17, 15) is 13.2 Å². The maximum Gasteiger partial charge on any atom is 0.279 e. The first-order chi connectivity index (χ1) is 17.7. The highest BCUT2D eigenvalue weighted by Crippen LogP contribution is 2.28. The van der Waals surface area contributed by atoms with Crippen LogP contribution in [0.15, 0.2) is 41.3 Å². The van der Waals surface area contributed by atoms with Gasteiger partial charge in [0.05, 0.1) is 0 Å². The van der Waals surface area contributed by atoms with Gasteiger partial charge in [0.15, 0.2) is 0 Å². The molecule has 0 amide bonds. The van der Waals surface area contributed by atoms with Gasteiger partial charge >= 0.3 is 0 Å². The maximum atomic E-state index is 13.5. The molecule has 1 aliphatic rings. The molecule has 2 heterocycles. The van der Waals surface area contributed by atoms with Gasteiger partial charge in [-0.2, -0.15) is 22.4 Å². The Labute approximate surface area is 222 Å². The van der Waals surface area contributed by atoms with Gasteiger partial charge in [-0.25, -0.2) is 4.98 Å². The van der Waals surface area contributed by atoms with E-state index in [-0.39, 0.29) is 24.4 Å². The van der Waals surface area contributed by atoms with E-state index in [1.165, 1.54) is 23.0 Å². The fourth-order valence-electron chi connectivity index (χ4n) is 4.38. The second kappa shape index (κ2) is 11.9. The Kier molecular flexibility index (Phi) is 8.81. The number of pyridine rings is 1. The molecule has 1 aliphatic carbocycles. The van der Waals surface area contributed by atoms with Gasteiger partial charge in [0, 0.05) is 60.5 Å². The highest BCUT2D eigenvalue weighted by atomic mass is 35.5. The van der Waals surface area contributed by atoms with Crippen molar-refractivity contribution in [1.82, 2.24) is 23.6 Å². The summed E-state index contributed by atoms with van der Waals surface area (Å²) >= 11 is 6.39. The second-order valence-corrected chi connectivity index (χ2v) is 11.7. The number of benzene rings is 1. The van der Waals surface area contributed by atoms with Crippen molar-refractivity contribution in [1.29, 1.82) is 0 Å². The Hall–Kier alpha value is -2.57. The van der Waals surface area contributed by atoms with Crippen LogP contribution in [0, 0.1) is 0 Å². The molecule has 1 fully saturated rings. The van der Waals surface area contributed by atoms with E-state index < -0.39 is 10.2 Å². The van der Waals surface area contributed by atoms with Crippen molar-refractivity contribution in [2.24, 2.45) is 0 Å². The molecule has 0 saturated heterocycles. The number of hydrogen-bond acceptors (Lipinski definition) is 7. The lowest BCUT2D eigenvalue weighted by atomic mass is 9.92. The highest BCUT2D eigenvalue weighted by Gasteiger charge is 2.26. The zero-order valence-electron chi connectivity index (χ0n) is 21.3. The summed E-state index contributed by atoms with van der Waals surface area (Å²) in [6.07, 6.45) is 5.45. The number of nitrogens with zero attached hydrogens (tertiary/aromatic N) is 4. The summed E-state index contributed by atoms with van der Waals surface area (Å²) in [7, 11) is -0.436. The third kappa shape index (κ3) is 6.47. The summed E-state index contributed by atoms with van der Waals surface area (Å²) in [6, 6.07) is 8.98. The van der Waals surface area contributed by atoms with E-state index in [2.05, 4.69) is 20.0 Å². The van der Waals surface area contributed by atoms with E-state index >= 15 is 0 Å². The van der Waals surface area contributed by atoms with Crippen molar-refractivity contribution < 1.29 is 13.2 Å². The molecule has 0 atom stereocenters. The number of ether oxygens (including phenoxy) is 1. The Bertz CT molecular complexity index is 1400. The fourth-order valence-corrected chi connectivity index (χ4v) is 5.48. The topological polar surface area (TPSA) is 118 Å². The van der Waals surface area contributed by atoms with Gasteiger partial charge in [0.2, 0.25) is 5.95 Å². The molecule has 0 bridgehead atoms. The maximum absolute atomic E-state index is 13.5. The molecule has 4 rings (SSSR count). The van der Waals surface area contributed by atoms with Crippen LogP contribution >= 0.6 is 11.6 Å². The standard InChI is InChI=1S/C25H33ClN6O4S/c1-4-13-36-16-32-23-17(14-21(24(32)33)20-7-5-6-8-22(20)26)15-27-25(29-23)28-18-9-11-19(12-10-18)30-37(34,35)31(2)3/h5-8,14-15,18-19,30H,4,9-13,16H2,1-3H3,(H,27,28,29). The zero-order chi connectivity index (χ0) is 26.6. The number of hydrogen-bond donors (Lipinski definition) is 2. The van der Waals surface area contributed by atoms with Crippen molar-refractivity contribution in [2.75, 3.05) is 26.0 Å². The van der Waals surface area contributed by atoms with Gasteiger partial charge < -0.3 is 10.1 Å². The minimum atomic E-state index is -3.46. The normalized spacial score (nSPS) is 18.4. The minimum absolute atomic E-state index is 0.0645. The van der Waals surface area contributed by atoms with Gasteiger partial charge in [-0.3, -0.25) is 9.36 Å². The summed E-state index contributed by atoms with van der Waals surface area (Å²) in [5.74, 6) is 0.416. The van der Waals surface area contributed by atoms with Crippen molar-refractivity contribution >= 4 is 38.8 Å². The average molecular weight is 549 g/mol. The Morgan fingerprint density at radius 2 is 1.84 bits per heavy atom. The number of aromatic nitrogens is 3. The molecular formula is C25H33ClN6O4S. The highest BCUT2D eigenvalue weighted by molar-refractivity contribution is 7.87. The summed E-state index contributed by atoms with van der Waals surface area (Å²) < 4.78 is 35.4. The molecule has 200 valence electrons. The molecule has 1 saturated carbocycles. The third-order valence-corrected chi connectivity index (χ3v) is 8.34. The lowest BCUT2D eigenvalue weighted by Gasteiger charge is -2.30. The van der Waals surface area contributed by atoms with Crippen molar-refractivity contribution in [3.05, 3.63) is 51.9 Å². The van der Waals surface area contributed by atoms with Crippen LogP contribution in [0.3, 0.4) is 0 Å². The molecule has 0 radical (unpaired) electrons. The molecule has 3 aromatic rings. The van der Waals surface area contributed by atoms with Crippen molar-refractivity contribution in [3.8, 4) is 11.1 Å². The number of nitrogens with one attached hydrogen (secondary N) is 2. The quantitative estimate of drug-likeness (QED) is 0.371. The van der Waals surface area contributed by atoms with Gasteiger partial charge in [0.1, 0.15) is 12.4 Å². The van der Waals surface area contributed by atoms with Crippen molar-refractivity contribution in [2.45, 2.75) is 57.8 Å². The monoisotopic (exact) mass is 548 g/mol. The summed E-state index contributed by atoms with van der Waals surface area (Å²) in [6.45, 7) is 2.59. The molecule has 1 aromatic carbocycles. The summed E-state index contributed by atoms with van der Waals surface area (Å²) in [5.41, 5.74) is 1.34. The predicted octanol–water partition coefficient (Wildman–Crippen LogP) is 3.62. The molecule has 0 unspecified atom stereocenters. The SMILES string of the molecule is CCCOCn1c(=O)c(-c2ccccc2Cl)cc2cnc(NC3CCC(NS(=O)(=O)N(C)C)CC3)nc21. The van der Waals surface area contributed by atoms with Crippen LogP contribution in [-0.2, 0) is 21.7 Å². The summed E-state index contributed by atoms with van der Waals surface area (Å²) in [5, 5.41) is 4.55. The fraction of sp³-hybridized carbons (Fsp3) is 0.480. The van der Waals surface area contributed by atoms with E-state index in [0.717, 1.165) is 19.3 Å². The molecule has 12 heteroatoms. The number of halogens is 1. The molecule has 10 nitrogen and oxygen atoms in total. The lowest BCUT2D eigenvalue weighted by Crippen LogP contribution is -2.44. The average Bonchev–Trinajstić information content (AvgIpc) is 2.87. The molecule has 0 aliphatic heterocycles. The summed E-state index contributed by atoms with van der Waals surface area (Å²) in [4.78, 5) is 22.7. The smallest absolute Gasteiger partial charge is 0.279 e. The zero-order valence-corrected chi connectivity index (χ0v) is 22.8. The molecule has 37 heavy (non-hydrogen) atoms. The third-order valence-electron chi connectivity index (χ3n) is 6.42.